The third-order valence-electron chi connectivity index (χ3n) is 3.10. The third kappa shape index (κ3) is 2.49. The Morgan fingerprint density at radius 2 is 2.45 bits per heavy atom. The van der Waals surface area contributed by atoms with E-state index in [0.29, 0.717) is 17.7 Å². The summed E-state index contributed by atoms with van der Waals surface area (Å²) in [5.41, 5.74) is 1.20. The zero-order chi connectivity index (χ0) is 14.1. The molecule has 0 radical (unpaired) electrons. The summed E-state index contributed by atoms with van der Waals surface area (Å²) in [4.78, 5) is 11.8. The molecule has 0 amide bonds. The van der Waals surface area contributed by atoms with Crippen LogP contribution in [0.5, 0.6) is 5.75 Å². The van der Waals surface area contributed by atoms with E-state index < -0.39 is 5.97 Å². The fourth-order valence-corrected chi connectivity index (χ4v) is 2.16. The maximum atomic E-state index is 13.1. The minimum atomic E-state index is -0.441. The SMILES string of the molecule is Cn1cc(C(=O)OC[C@@H]2Cc3cc(F)ccc3O2)cn1. The second-order valence-corrected chi connectivity index (χ2v) is 4.70. The van der Waals surface area contributed by atoms with E-state index in [0.717, 1.165) is 5.56 Å². The molecular weight excluding hydrogens is 263 g/mol. The first-order valence-corrected chi connectivity index (χ1v) is 6.22. The lowest BCUT2D eigenvalue weighted by molar-refractivity contribution is 0.0347. The van der Waals surface area contributed by atoms with Crippen LogP contribution < -0.4 is 4.74 Å². The van der Waals surface area contributed by atoms with E-state index in [1.165, 1.54) is 23.0 Å². The van der Waals surface area contributed by atoms with Gasteiger partial charge in [0.25, 0.3) is 0 Å². The Balaban J connectivity index is 1.57. The molecule has 6 heteroatoms. The average molecular weight is 276 g/mol. The number of rotatable bonds is 3. The zero-order valence-electron chi connectivity index (χ0n) is 10.9. The molecule has 0 fully saturated rings. The highest BCUT2D eigenvalue weighted by Gasteiger charge is 2.25. The van der Waals surface area contributed by atoms with Crippen molar-refractivity contribution < 1.29 is 18.7 Å². The first kappa shape index (κ1) is 12.7. The summed E-state index contributed by atoms with van der Waals surface area (Å²) in [6, 6.07) is 4.38. The van der Waals surface area contributed by atoms with Gasteiger partial charge in [0.15, 0.2) is 0 Å². The molecule has 0 saturated carbocycles. The van der Waals surface area contributed by atoms with Gasteiger partial charge in [-0.05, 0) is 18.2 Å². The van der Waals surface area contributed by atoms with E-state index in [4.69, 9.17) is 9.47 Å². The van der Waals surface area contributed by atoms with Crippen LogP contribution in [0.25, 0.3) is 0 Å². The third-order valence-corrected chi connectivity index (χ3v) is 3.10. The monoisotopic (exact) mass is 276 g/mol. The first-order valence-electron chi connectivity index (χ1n) is 6.22. The molecule has 1 aromatic carbocycles. The summed E-state index contributed by atoms with van der Waals surface area (Å²) < 4.78 is 25.4. The predicted molar refractivity (Wildman–Crippen MR) is 68.0 cm³/mol. The van der Waals surface area contributed by atoms with Crippen molar-refractivity contribution in [2.45, 2.75) is 12.5 Å². The van der Waals surface area contributed by atoms with Gasteiger partial charge in [-0.1, -0.05) is 0 Å². The van der Waals surface area contributed by atoms with Gasteiger partial charge in [0, 0.05) is 25.2 Å². The lowest BCUT2D eigenvalue weighted by Gasteiger charge is -2.10. The van der Waals surface area contributed by atoms with E-state index >= 15 is 0 Å². The fraction of sp³-hybridized carbons (Fsp3) is 0.286. The lowest BCUT2D eigenvalue weighted by Crippen LogP contribution is -2.22. The van der Waals surface area contributed by atoms with Crippen molar-refractivity contribution in [2.75, 3.05) is 6.61 Å². The predicted octanol–water partition coefficient (Wildman–Crippen LogP) is 1.72. The molecule has 0 N–H and O–H groups in total. The molecule has 0 aliphatic carbocycles. The van der Waals surface area contributed by atoms with E-state index in [1.807, 2.05) is 0 Å². The van der Waals surface area contributed by atoms with Crippen molar-refractivity contribution in [1.82, 2.24) is 9.78 Å². The number of aryl methyl sites for hydroxylation is 1. The summed E-state index contributed by atoms with van der Waals surface area (Å²) in [5.74, 6) is -0.0852. The summed E-state index contributed by atoms with van der Waals surface area (Å²) in [5, 5.41) is 3.90. The van der Waals surface area contributed by atoms with Gasteiger partial charge in [-0.25, -0.2) is 9.18 Å². The molecular formula is C14H13FN2O3. The van der Waals surface area contributed by atoms with Crippen LogP contribution in [0.1, 0.15) is 15.9 Å². The topological polar surface area (TPSA) is 53.4 Å². The van der Waals surface area contributed by atoms with Gasteiger partial charge < -0.3 is 9.47 Å². The molecule has 1 aliphatic rings. The van der Waals surface area contributed by atoms with Crippen molar-refractivity contribution in [2.24, 2.45) is 7.05 Å². The Bertz CT molecular complexity index is 654. The summed E-state index contributed by atoms with van der Waals surface area (Å²) >= 11 is 0. The van der Waals surface area contributed by atoms with Crippen LogP contribution in [-0.2, 0) is 18.2 Å². The highest BCUT2D eigenvalue weighted by Crippen LogP contribution is 2.29. The normalized spacial score (nSPS) is 16.6. The fourth-order valence-electron chi connectivity index (χ4n) is 2.16. The number of ether oxygens (including phenoxy) is 2. The molecule has 2 heterocycles. The molecule has 104 valence electrons. The number of hydrogen-bond acceptors (Lipinski definition) is 4. The number of aromatic nitrogens is 2. The second kappa shape index (κ2) is 4.96. The molecule has 1 aliphatic heterocycles. The molecule has 1 aromatic heterocycles. The maximum Gasteiger partial charge on any atom is 0.341 e. The molecule has 0 bridgehead atoms. The van der Waals surface area contributed by atoms with E-state index in [2.05, 4.69) is 5.10 Å². The van der Waals surface area contributed by atoms with E-state index in [-0.39, 0.29) is 18.5 Å². The van der Waals surface area contributed by atoms with Crippen molar-refractivity contribution in [1.29, 1.82) is 0 Å². The molecule has 5 nitrogen and oxygen atoms in total. The molecule has 0 unspecified atom stereocenters. The molecule has 1 atom stereocenters. The number of fused-ring (bicyclic) bond motifs is 1. The standard InChI is InChI=1S/C14H13FN2O3/c1-17-7-10(6-16-17)14(18)19-8-12-5-9-4-11(15)2-3-13(9)20-12/h2-4,6-7,12H,5,8H2,1H3/t12-/m0/s1. The second-order valence-electron chi connectivity index (χ2n) is 4.70. The van der Waals surface area contributed by atoms with Gasteiger partial charge in [0.05, 0.1) is 11.8 Å². The van der Waals surface area contributed by atoms with E-state index in [1.54, 1.807) is 19.3 Å². The number of hydrogen-bond donors (Lipinski definition) is 0. The van der Waals surface area contributed by atoms with Gasteiger partial charge in [-0.15, -0.1) is 0 Å². The molecule has 20 heavy (non-hydrogen) atoms. The molecule has 2 aromatic rings. The van der Waals surface area contributed by atoms with Crippen LogP contribution in [0.2, 0.25) is 0 Å². The van der Waals surface area contributed by atoms with Crippen LogP contribution in [0.3, 0.4) is 0 Å². The summed E-state index contributed by atoms with van der Waals surface area (Å²) in [6.07, 6.45) is 3.30. The highest BCUT2D eigenvalue weighted by atomic mass is 19.1. The number of halogens is 1. The Labute approximate surface area is 114 Å². The number of carbonyl (C=O) groups is 1. The van der Waals surface area contributed by atoms with Crippen molar-refractivity contribution in [3.63, 3.8) is 0 Å². The van der Waals surface area contributed by atoms with Gasteiger partial charge in [0.2, 0.25) is 0 Å². The Kier molecular flexibility index (Phi) is 3.14. The lowest BCUT2D eigenvalue weighted by atomic mass is 10.1. The molecule has 0 saturated heterocycles. The van der Waals surface area contributed by atoms with Crippen LogP contribution in [0.15, 0.2) is 30.6 Å². The van der Waals surface area contributed by atoms with Crippen molar-refractivity contribution >= 4 is 5.97 Å². The van der Waals surface area contributed by atoms with Gasteiger partial charge in [0.1, 0.15) is 24.3 Å². The van der Waals surface area contributed by atoms with E-state index in [9.17, 15) is 9.18 Å². The van der Waals surface area contributed by atoms with Crippen LogP contribution >= 0.6 is 0 Å². The highest BCUT2D eigenvalue weighted by molar-refractivity contribution is 5.88. The van der Waals surface area contributed by atoms with Gasteiger partial charge in [-0.3, -0.25) is 4.68 Å². The first-order chi connectivity index (χ1) is 9.61. The number of benzene rings is 1. The Hall–Kier alpha value is -2.37. The average Bonchev–Trinajstić information content (AvgIpc) is 3.01. The number of esters is 1. The Morgan fingerprint density at radius 3 is 3.20 bits per heavy atom. The van der Waals surface area contributed by atoms with Crippen LogP contribution in [-0.4, -0.2) is 28.5 Å². The largest absolute Gasteiger partial charge is 0.486 e. The zero-order valence-corrected chi connectivity index (χ0v) is 10.9. The minimum absolute atomic E-state index is 0.129. The number of nitrogens with zero attached hydrogens (tertiary/aromatic N) is 2. The summed E-state index contributed by atoms with van der Waals surface area (Å²) in [6.45, 7) is 0.129. The maximum absolute atomic E-state index is 13.1. The van der Waals surface area contributed by atoms with Crippen LogP contribution in [0, 0.1) is 5.82 Å². The summed E-state index contributed by atoms with van der Waals surface area (Å²) in [7, 11) is 1.72. The molecule has 3 rings (SSSR count). The van der Waals surface area contributed by atoms with Crippen molar-refractivity contribution in [3.8, 4) is 5.75 Å². The Morgan fingerprint density at radius 1 is 1.60 bits per heavy atom. The molecule has 0 spiro atoms. The van der Waals surface area contributed by atoms with Gasteiger partial charge in [-0.2, -0.15) is 5.10 Å². The quantitative estimate of drug-likeness (QED) is 0.801. The minimum Gasteiger partial charge on any atom is -0.486 e. The van der Waals surface area contributed by atoms with Crippen molar-refractivity contribution in [3.05, 3.63) is 47.5 Å². The number of carbonyl (C=O) groups excluding carboxylic acids is 1. The smallest absolute Gasteiger partial charge is 0.341 e. The van der Waals surface area contributed by atoms with Crippen LogP contribution in [0.4, 0.5) is 4.39 Å². The van der Waals surface area contributed by atoms with Gasteiger partial charge >= 0.3 is 5.97 Å².